The first-order valence-corrected chi connectivity index (χ1v) is 3.48. The fraction of sp³-hybridized carbons (Fsp3) is 0.571. The third-order valence-electron chi connectivity index (χ3n) is 0.926. The highest BCUT2D eigenvalue weighted by Gasteiger charge is 1.96. The molecule has 0 aromatic rings. The number of carboxylic acids is 1. The van der Waals surface area contributed by atoms with Crippen LogP contribution in [0.1, 0.15) is 0 Å². The first kappa shape index (κ1) is 11.1. The number of rotatable bonds is 5. The number of nitrogens with zero attached hydrogens (tertiary/aromatic N) is 2. The average Bonchev–Trinajstić information content (AvgIpc) is 1.84. The zero-order chi connectivity index (χ0) is 9.56. The van der Waals surface area contributed by atoms with Gasteiger partial charge in [0.1, 0.15) is 0 Å². The normalized spacial score (nSPS) is 11.8. The van der Waals surface area contributed by atoms with E-state index in [9.17, 15) is 4.79 Å². The molecule has 0 radical (unpaired) electrons. The molecule has 0 amide bonds. The maximum atomic E-state index is 10.0. The zero-order valence-electron chi connectivity index (χ0n) is 7.52. The zero-order valence-corrected chi connectivity index (χ0v) is 7.52. The fourth-order valence-corrected chi connectivity index (χ4v) is 0.614. The van der Waals surface area contributed by atoms with Crippen LogP contribution in [-0.4, -0.2) is 48.9 Å². The Balaban J connectivity index is 3.56. The molecule has 0 saturated heterocycles. The van der Waals surface area contributed by atoms with Crippen LogP contribution in [0.3, 0.4) is 0 Å². The van der Waals surface area contributed by atoms with Gasteiger partial charge in [0.05, 0.1) is 0 Å². The van der Waals surface area contributed by atoms with E-state index in [4.69, 9.17) is 10.0 Å². The third-order valence-corrected chi connectivity index (χ3v) is 0.926. The van der Waals surface area contributed by atoms with Crippen molar-refractivity contribution in [1.82, 2.24) is 10.1 Å². The van der Waals surface area contributed by atoms with Crippen molar-refractivity contribution in [3.05, 3.63) is 12.2 Å². The van der Waals surface area contributed by atoms with Crippen LogP contribution in [0, 0.1) is 0 Å². The second-order valence-electron chi connectivity index (χ2n) is 2.45. The number of likely N-dealkylation sites (N-methyl/N-ethyl adjacent to an activating group) is 1. The third kappa shape index (κ3) is 7.20. The van der Waals surface area contributed by atoms with Gasteiger partial charge in [-0.2, -0.15) is 10.1 Å². The molecule has 0 saturated carbocycles. The minimum atomic E-state index is -0.951. The molecule has 0 fully saturated rings. The summed E-state index contributed by atoms with van der Waals surface area (Å²) in [5.41, 5.74) is 0. The predicted octanol–water partition coefficient (Wildman–Crippen LogP) is -0.0328. The number of hydrogen-bond donors (Lipinski definition) is 1. The van der Waals surface area contributed by atoms with Crippen molar-refractivity contribution in [2.75, 3.05) is 27.7 Å². The second kappa shape index (κ2) is 5.70. The number of carbonyl (C=O) groups is 1. The highest BCUT2D eigenvalue weighted by molar-refractivity contribution is 5.79. The van der Waals surface area contributed by atoms with Crippen LogP contribution in [0.4, 0.5) is 0 Å². The van der Waals surface area contributed by atoms with Gasteiger partial charge in [0.15, 0.2) is 0 Å². The minimum Gasteiger partial charge on any atom is -0.478 e. The van der Waals surface area contributed by atoms with Gasteiger partial charge in [-0.3, -0.25) is 0 Å². The monoisotopic (exact) mass is 174 g/mol. The summed E-state index contributed by atoms with van der Waals surface area (Å²) in [6, 6.07) is 0. The van der Waals surface area contributed by atoms with Crippen molar-refractivity contribution < 1.29 is 14.8 Å². The molecule has 0 atom stereocenters. The van der Waals surface area contributed by atoms with Crippen molar-refractivity contribution in [3.8, 4) is 0 Å². The van der Waals surface area contributed by atoms with Gasteiger partial charge in [-0.1, -0.05) is 6.08 Å². The Morgan fingerprint density at radius 1 is 1.50 bits per heavy atom. The quantitative estimate of drug-likeness (QED) is 0.468. The van der Waals surface area contributed by atoms with Gasteiger partial charge >= 0.3 is 5.97 Å². The molecule has 0 heterocycles. The fourth-order valence-electron chi connectivity index (χ4n) is 0.614. The van der Waals surface area contributed by atoms with Crippen molar-refractivity contribution in [3.63, 3.8) is 0 Å². The first-order chi connectivity index (χ1) is 5.52. The molecule has 12 heavy (non-hydrogen) atoms. The SMILES string of the molecule is CN(C)ON(C)CC=CC(=O)O. The lowest BCUT2D eigenvalue weighted by Gasteiger charge is -2.18. The smallest absolute Gasteiger partial charge is 0.328 e. The Labute approximate surface area is 71.7 Å². The molecule has 0 aromatic heterocycles. The van der Waals surface area contributed by atoms with E-state index in [1.165, 1.54) is 16.2 Å². The van der Waals surface area contributed by atoms with Gasteiger partial charge in [-0.05, 0) is 0 Å². The topological polar surface area (TPSA) is 53.0 Å². The number of hydrogen-bond acceptors (Lipinski definition) is 4. The summed E-state index contributed by atoms with van der Waals surface area (Å²) in [6.45, 7) is 0.435. The van der Waals surface area contributed by atoms with Crippen LogP contribution < -0.4 is 0 Å². The van der Waals surface area contributed by atoms with E-state index < -0.39 is 5.97 Å². The number of carboxylic acid groups (broad SMARTS) is 1. The van der Waals surface area contributed by atoms with Crippen LogP contribution in [0.5, 0.6) is 0 Å². The predicted molar refractivity (Wildman–Crippen MR) is 44.2 cm³/mol. The largest absolute Gasteiger partial charge is 0.478 e. The Morgan fingerprint density at radius 3 is 2.50 bits per heavy atom. The van der Waals surface area contributed by atoms with Gasteiger partial charge in [0, 0.05) is 33.8 Å². The standard InChI is InChI=1S/C7H14N2O3/c1-8(2)12-9(3)6-4-5-7(10)11/h4-5H,6H2,1-3H3,(H,10,11). The molecule has 5 heteroatoms. The highest BCUT2D eigenvalue weighted by Crippen LogP contribution is 1.87. The molecular weight excluding hydrogens is 160 g/mol. The molecule has 0 aliphatic heterocycles. The van der Waals surface area contributed by atoms with E-state index in [1.807, 2.05) is 0 Å². The van der Waals surface area contributed by atoms with Crippen LogP contribution in [-0.2, 0) is 9.73 Å². The Morgan fingerprint density at radius 2 is 2.08 bits per heavy atom. The van der Waals surface area contributed by atoms with Crippen LogP contribution in [0.2, 0.25) is 0 Å². The first-order valence-electron chi connectivity index (χ1n) is 3.48. The molecule has 0 aliphatic rings. The molecule has 0 aliphatic carbocycles. The number of aliphatic carboxylic acids is 1. The molecule has 0 aromatic carbocycles. The highest BCUT2D eigenvalue weighted by atomic mass is 16.8. The van der Waals surface area contributed by atoms with E-state index in [2.05, 4.69) is 0 Å². The van der Waals surface area contributed by atoms with Crippen LogP contribution in [0.15, 0.2) is 12.2 Å². The average molecular weight is 174 g/mol. The maximum absolute atomic E-state index is 10.0. The Hall–Kier alpha value is -0.910. The summed E-state index contributed by atoms with van der Waals surface area (Å²) in [4.78, 5) is 15.1. The van der Waals surface area contributed by atoms with Gasteiger partial charge in [-0.25, -0.2) is 9.73 Å². The molecule has 0 rings (SSSR count). The Bertz CT molecular complexity index is 168. The van der Waals surface area contributed by atoms with Gasteiger partial charge in [0.25, 0.3) is 0 Å². The van der Waals surface area contributed by atoms with Crippen molar-refractivity contribution in [2.24, 2.45) is 0 Å². The summed E-state index contributed by atoms with van der Waals surface area (Å²) in [5.74, 6) is -0.951. The summed E-state index contributed by atoms with van der Waals surface area (Å²) >= 11 is 0. The molecule has 0 spiro atoms. The van der Waals surface area contributed by atoms with Gasteiger partial charge in [0.2, 0.25) is 0 Å². The number of hydroxylamine groups is 4. The summed E-state index contributed by atoms with van der Waals surface area (Å²) in [6.07, 6.45) is 2.58. The summed E-state index contributed by atoms with van der Waals surface area (Å²) in [5, 5.41) is 11.3. The van der Waals surface area contributed by atoms with Crippen LogP contribution in [0.25, 0.3) is 0 Å². The van der Waals surface area contributed by atoms with E-state index in [0.717, 1.165) is 6.08 Å². The molecule has 5 nitrogen and oxygen atoms in total. The van der Waals surface area contributed by atoms with Gasteiger partial charge < -0.3 is 5.11 Å². The molecule has 70 valence electrons. The maximum Gasteiger partial charge on any atom is 0.328 e. The molecule has 0 bridgehead atoms. The van der Waals surface area contributed by atoms with E-state index in [0.29, 0.717) is 6.54 Å². The molecular formula is C7H14N2O3. The minimum absolute atomic E-state index is 0.435. The van der Waals surface area contributed by atoms with E-state index >= 15 is 0 Å². The lowest BCUT2D eigenvalue weighted by Crippen LogP contribution is -2.27. The molecule has 1 N–H and O–H groups in total. The summed E-state index contributed by atoms with van der Waals surface area (Å²) in [7, 11) is 5.21. The summed E-state index contributed by atoms with van der Waals surface area (Å²) < 4.78 is 0. The van der Waals surface area contributed by atoms with E-state index in [1.54, 1.807) is 21.1 Å². The van der Waals surface area contributed by atoms with E-state index in [-0.39, 0.29) is 0 Å². The lowest BCUT2D eigenvalue weighted by atomic mass is 10.5. The van der Waals surface area contributed by atoms with Crippen molar-refractivity contribution in [2.45, 2.75) is 0 Å². The second-order valence-corrected chi connectivity index (χ2v) is 2.45. The van der Waals surface area contributed by atoms with Crippen molar-refractivity contribution >= 4 is 5.97 Å². The molecule has 0 unspecified atom stereocenters. The van der Waals surface area contributed by atoms with Gasteiger partial charge in [-0.15, -0.1) is 0 Å². The van der Waals surface area contributed by atoms with Crippen molar-refractivity contribution in [1.29, 1.82) is 0 Å². The lowest BCUT2D eigenvalue weighted by molar-refractivity contribution is -0.289. The van der Waals surface area contributed by atoms with Crippen LogP contribution >= 0.6 is 0 Å². The Kier molecular flexibility index (Phi) is 5.27.